The van der Waals surface area contributed by atoms with E-state index < -0.39 is 6.43 Å². The van der Waals surface area contributed by atoms with E-state index in [4.69, 9.17) is 10.1 Å². The highest BCUT2D eigenvalue weighted by molar-refractivity contribution is 5.87. The molecule has 3 heterocycles. The fourth-order valence-corrected chi connectivity index (χ4v) is 3.89. The van der Waals surface area contributed by atoms with Crippen molar-refractivity contribution in [2.24, 2.45) is 0 Å². The maximum absolute atomic E-state index is 14.2. The predicted molar refractivity (Wildman–Crippen MR) is 107 cm³/mol. The molecule has 0 amide bonds. The van der Waals surface area contributed by atoms with E-state index in [2.05, 4.69) is 5.10 Å². The second kappa shape index (κ2) is 6.76. The molecule has 0 aliphatic heterocycles. The summed E-state index contributed by atoms with van der Waals surface area (Å²) >= 11 is 0. The molecule has 0 N–H and O–H groups in total. The Morgan fingerprint density at radius 3 is 2.55 bits per heavy atom. The third kappa shape index (κ3) is 2.92. The van der Waals surface area contributed by atoms with E-state index in [1.165, 1.54) is 6.07 Å². The lowest BCUT2D eigenvalue weighted by Gasteiger charge is -2.09. The zero-order valence-electron chi connectivity index (χ0n) is 16.3. The van der Waals surface area contributed by atoms with Crippen LogP contribution < -0.4 is 0 Å². The normalized spacial score (nSPS) is 14.2. The number of aromatic nitrogens is 5. The van der Waals surface area contributed by atoms with Crippen LogP contribution in [0.5, 0.6) is 0 Å². The van der Waals surface area contributed by atoms with Gasteiger partial charge in [-0.2, -0.15) is 10.2 Å². The van der Waals surface area contributed by atoms with Crippen LogP contribution in [-0.4, -0.2) is 24.5 Å². The lowest BCUT2D eigenvalue weighted by atomic mass is 10.0. The van der Waals surface area contributed by atoms with Crippen LogP contribution in [0.1, 0.15) is 49.1 Å². The highest BCUT2D eigenvalue weighted by atomic mass is 19.3. The summed E-state index contributed by atoms with van der Waals surface area (Å²) in [6.45, 7) is 4.64. The first-order valence-corrected chi connectivity index (χ1v) is 9.88. The van der Waals surface area contributed by atoms with E-state index in [1.807, 2.05) is 48.9 Å². The van der Waals surface area contributed by atoms with E-state index in [0.29, 0.717) is 23.3 Å². The number of pyridine rings is 1. The molecule has 0 radical (unpaired) electrons. The van der Waals surface area contributed by atoms with Crippen molar-refractivity contribution in [3.8, 4) is 16.9 Å². The monoisotopic (exact) mass is 393 g/mol. The summed E-state index contributed by atoms with van der Waals surface area (Å²) in [6, 6.07) is 11.1. The Kier molecular flexibility index (Phi) is 4.19. The van der Waals surface area contributed by atoms with Crippen molar-refractivity contribution in [2.75, 3.05) is 0 Å². The smallest absolute Gasteiger partial charge is 0.264 e. The minimum absolute atomic E-state index is 0.00210. The van der Waals surface area contributed by atoms with E-state index >= 15 is 0 Å². The van der Waals surface area contributed by atoms with Gasteiger partial charge in [0.25, 0.3) is 6.43 Å². The highest BCUT2D eigenvalue weighted by Crippen LogP contribution is 2.45. The summed E-state index contributed by atoms with van der Waals surface area (Å²) in [7, 11) is 0. The Balaban J connectivity index is 1.82. The fourth-order valence-electron chi connectivity index (χ4n) is 3.89. The number of benzene rings is 1. The van der Waals surface area contributed by atoms with Gasteiger partial charge in [0.1, 0.15) is 0 Å². The Bertz CT molecular complexity index is 1190. The molecule has 0 atom stereocenters. The van der Waals surface area contributed by atoms with Crippen LogP contribution in [0.15, 0.2) is 42.6 Å². The maximum atomic E-state index is 14.2. The third-order valence-electron chi connectivity index (χ3n) is 5.57. The molecule has 0 bridgehead atoms. The zero-order chi connectivity index (χ0) is 20.1. The van der Waals surface area contributed by atoms with Gasteiger partial charge in [0.05, 0.1) is 28.7 Å². The van der Waals surface area contributed by atoms with Crippen LogP contribution in [0.25, 0.3) is 28.0 Å². The van der Waals surface area contributed by atoms with Gasteiger partial charge in [-0.15, -0.1) is 0 Å². The van der Waals surface area contributed by atoms with Crippen molar-refractivity contribution < 1.29 is 8.78 Å². The van der Waals surface area contributed by atoms with Crippen molar-refractivity contribution >= 4 is 11.0 Å². The summed E-state index contributed by atoms with van der Waals surface area (Å²) in [4.78, 5) is 4.82. The molecule has 7 heteroatoms. The molecule has 1 aromatic carbocycles. The molecule has 0 spiro atoms. The number of nitrogens with zero attached hydrogens (tertiary/aromatic N) is 5. The molecule has 5 rings (SSSR count). The van der Waals surface area contributed by atoms with E-state index in [0.717, 1.165) is 35.5 Å². The zero-order valence-corrected chi connectivity index (χ0v) is 16.3. The van der Waals surface area contributed by atoms with Crippen LogP contribution in [0.2, 0.25) is 0 Å². The molecule has 1 aliphatic rings. The molecule has 1 saturated carbocycles. The lowest BCUT2D eigenvalue weighted by molar-refractivity contribution is 0.153. The van der Waals surface area contributed by atoms with Gasteiger partial charge in [0, 0.05) is 29.3 Å². The van der Waals surface area contributed by atoms with Gasteiger partial charge in [0.2, 0.25) is 0 Å². The number of para-hydroxylation sites is 1. The summed E-state index contributed by atoms with van der Waals surface area (Å²) in [6.07, 6.45) is 1.06. The van der Waals surface area contributed by atoms with Crippen LogP contribution in [0, 0.1) is 6.92 Å². The summed E-state index contributed by atoms with van der Waals surface area (Å²) in [5, 5.41) is 9.60. The molecule has 1 aliphatic carbocycles. The molecule has 1 fully saturated rings. The van der Waals surface area contributed by atoms with Gasteiger partial charge in [-0.3, -0.25) is 4.68 Å². The van der Waals surface area contributed by atoms with Gasteiger partial charge in [-0.05, 0) is 44.9 Å². The molecule has 148 valence electrons. The number of fused-ring (bicyclic) bond motifs is 1. The second-order valence-electron chi connectivity index (χ2n) is 7.46. The molecule has 0 unspecified atom stereocenters. The average Bonchev–Trinajstić information content (AvgIpc) is 3.41. The van der Waals surface area contributed by atoms with Crippen molar-refractivity contribution in [1.29, 1.82) is 0 Å². The molecule has 0 saturated heterocycles. The standard InChI is InChI=1S/C22H21F2N5/c1-3-28-13(2)17(12-25-28)18-11-16(21(23)24)19-20(14-9-10-14)27-29(22(19)26-18)15-7-5-4-6-8-15/h4-8,11-12,14,21H,3,9-10H2,1-2H3. The number of hydrogen-bond acceptors (Lipinski definition) is 3. The highest BCUT2D eigenvalue weighted by Gasteiger charge is 2.33. The SMILES string of the molecule is CCn1ncc(-c2cc(C(F)F)c3c(C4CC4)nn(-c4ccccc4)c3n2)c1C. The van der Waals surface area contributed by atoms with Gasteiger partial charge < -0.3 is 0 Å². The Morgan fingerprint density at radius 1 is 1.17 bits per heavy atom. The fraction of sp³-hybridized carbons (Fsp3) is 0.318. The van der Waals surface area contributed by atoms with Gasteiger partial charge in [-0.25, -0.2) is 18.4 Å². The Hall–Kier alpha value is -3.09. The summed E-state index contributed by atoms with van der Waals surface area (Å²) in [5.74, 6) is 0.234. The van der Waals surface area contributed by atoms with Gasteiger partial charge in [-0.1, -0.05) is 18.2 Å². The van der Waals surface area contributed by atoms with Crippen LogP contribution in [0.3, 0.4) is 0 Å². The van der Waals surface area contributed by atoms with E-state index in [9.17, 15) is 8.78 Å². The maximum Gasteiger partial charge on any atom is 0.264 e. The first-order valence-electron chi connectivity index (χ1n) is 9.88. The van der Waals surface area contributed by atoms with Crippen LogP contribution >= 0.6 is 0 Å². The van der Waals surface area contributed by atoms with Crippen molar-refractivity contribution in [3.63, 3.8) is 0 Å². The second-order valence-corrected chi connectivity index (χ2v) is 7.46. The Morgan fingerprint density at radius 2 is 1.93 bits per heavy atom. The number of rotatable bonds is 5. The molecule has 4 aromatic rings. The predicted octanol–water partition coefficient (Wildman–Crippen LogP) is 5.43. The van der Waals surface area contributed by atoms with Crippen molar-refractivity contribution in [2.45, 2.75) is 45.6 Å². The van der Waals surface area contributed by atoms with Crippen molar-refractivity contribution in [3.05, 3.63) is 59.5 Å². The molecular formula is C22H21F2N5. The summed E-state index contributed by atoms with van der Waals surface area (Å²) in [5.41, 5.74) is 4.21. The third-order valence-corrected chi connectivity index (χ3v) is 5.57. The molecular weight excluding hydrogens is 372 g/mol. The first kappa shape index (κ1) is 18.0. The first-order chi connectivity index (χ1) is 14.1. The lowest BCUT2D eigenvalue weighted by Crippen LogP contribution is -2.01. The molecule has 29 heavy (non-hydrogen) atoms. The van der Waals surface area contributed by atoms with Crippen LogP contribution in [-0.2, 0) is 6.54 Å². The van der Waals surface area contributed by atoms with Gasteiger partial charge in [0.15, 0.2) is 5.65 Å². The number of aryl methyl sites for hydroxylation is 1. The quantitative estimate of drug-likeness (QED) is 0.454. The van der Waals surface area contributed by atoms with Crippen molar-refractivity contribution in [1.82, 2.24) is 24.5 Å². The minimum atomic E-state index is -2.60. The van der Waals surface area contributed by atoms with E-state index in [-0.39, 0.29) is 11.5 Å². The molecule has 3 aromatic heterocycles. The average molecular weight is 393 g/mol. The van der Waals surface area contributed by atoms with E-state index in [1.54, 1.807) is 10.9 Å². The topological polar surface area (TPSA) is 48.5 Å². The molecule has 5 nitrogen and oxygen atoms in total. The summed E-state index contributed by atoms with van der Waals surface area (Å²) < 4.78 is 31.9. The largest absolute Gasteiger partial charge is 0.269 e. The van der Waals surface area contributed by atoms with Gasteiger partial charge >= 0.3 is 0 Å². The number of halogens is 2. The number of hydrogen-bond donors (Lipinski definition) is 0. The number of alkyl halides is 2. The Labute approximate surface area is 167 Å². The van der Waals surface area contributed by atoms with Crippen LogP contribution in [0.4, 0.5) is 8.78 Å². The minimum Gasteiger partial charge on any atom is -0.269 e.